The normalized spacial score (nSPS) is 20.0. The summed E-state index contributed by atoms with van der Waals surface area (Å²) in [6.45, 7) is 1.87. The Bertz CT molecular complexity index is 548. The Labute approximate surface area is 127 Å². The average molecular weight is 313 g/mol. The minimum atomic E-state index is -0.193. The summed E-state index contributed by atoms with van der Waals surface area (Å²) in [5.74, 6) is 1.69. The van der Waals surface area contributed by atoms with E-state index in [1.807, 2.05) is 0 Å². The first kappa shape index (κ1) is 13.7. The van der Waals surface area contributed by atoms with Gasteiger partial charge in [0.15, 0.2) is 18.3 Å². The molecular formula is C14H14Cl2N2O2. The van der Waals surface area contributed by atoms with Crippen molar-refractivity contribution in [1.82, 2.24) is 10.3 Å². The lowest BCUT2D eigenvalue weighted by Gasteiger charge is -2.22. The summed E-state index contributed by atoms with van der Waals surface area (Å²) in [7, 11) is 0. The highest BCUT2D eigenvalue weighted by Gasteiger charge is 2.30. The first-order valence-corrected chi connectivity index (χ1v) is 7.20. The summed E-state index contributed by atoms with van der Waals surface area (Å²) in [4.78, 5) is 3.97. The second-order valence-corrected chi connectivity index (χ2v) is 5.67. The van der Waals surface area contributed by atoms with Crippen LogP contribution in [0.1, 0.15) is 18.3 Å². The molecule has 0 spiro atoms. The number of nitrogens with zero attached hydrogens (tertiary/aromatic N) is 1. The van der Waals surface area contributed by atoms with Gasteiger partial charge in [-0.2, -0.15) is 0 Å². The fraction of sp³-hybridized carbons (Fsp3) is 0.357. The third-order valence-electron chi connectivity index (χ3n) is 3.36. The molecule has 4 nitrogen and oxygen atoms in total. The molecule has 0 amide bonds. The molecule has 1 N–H and O–H groups in total. The molecule has 1 aromatic heterocycles. The number of rotatable bonds is 4. The van der Waals surface area contributed by atoms with Gasteiger partial charge in [0.2, 0.25) is 0 Å². The number of benzene rings is 1. The Kier molecular flexibility index (Phi) is 4.15. The van der Waals surface area contributed by atoms with E-state index in [1.54, 1.807) is 24.4 Å². The Balaban J connectivity index is 1.85. The molecule has 1 aliphatic heterocycles. The van der Waals surface area contributed by atoms with Gasteiger partial charge in [-0.25, -0.2) is 4.98 Å². The largest absolute Gasteiger partial charge is 0.482 e. The second kappa shape index (κ2) is 6.04. The van der Waals surface area contributed by atoms with E-state index < -0.39 is 0 Å². The fourth-order valence-corrected chi connectivity index (χ4v) is 2.94. The molecule has 20 heavy (non-hydrogen) atoms. The number of aromatic nitrogens is 1. The maximum atomic E-state index is 6.06. The van der Waals surface area contributed by atoms with Crippen LogP contribution in [-0.4, -0.2) is 18.1 Å². The maximum absolute atomic E-state index is 6.06. The van der Waals surface area contributed by atoms with Crippen molar-refractivity contribution in [1.29, 1.82) is 0 Å². The third-order valence-corrected chi connectivity index (χ3v) is 3.79. The van der Waals surface area contributed by atoms with E-state index in [4.69, 9.17) is 32.4 Å². The predicted octanol–water partition coefficient (Wildman–Crippen LogP) is 3.71. The van der Waals surface area contributed by atoms with Gasteiger partial charge in [0, 0.05) is 22.5 Å². The van der Waals surface area contributed by atoms with Crippen LogP contribution in [0.25, 0.3) is 0 Å². The summed E-state index contributed by atoms with van der Waals surface area (Å²) in [5.41, 5.74) is 0. The standard InChI is InChI=1S/C14H14Cl2N2O2/c15-10-3-11(16)5-12(4-10)20-14(9-1-2-17-6-9)13-7-18-8-19-13/h3-5,7-9,14,17H,1-2,6H2/t9-,14?/m0/s1. The molecule has 1 aromatic carbocycles. The van der Waals surface area contributed by atoms with Crippen molar-refractivity contribution in [3.8, 4) is 5.75 Å². The Morgan fingerprint density at radius 3 is 2.70 bits per heavy atom. The third kappa shape index (κ3) is 3.08. The van der Waals surface area contributed by atoms with Crippen LogP contribution in [0.4, 0.5) is 0 Å². The van der Waals surface area contributed by atoms with E-state index in [0.717, 1.165) is 25.3 Å². The fourth-order valence-electron chi connectivity index (χ4n) is 2.43. The Hall–Kier alpha value is -1.23. The second-order valence-electron chi connectivity index (χ2n) is 4.80. The molecule has 1 fully saturated rings. The van der Waals surface area contributed by atoms with Crippen molar-refractivity contribution >= 4 is 23.2 Å². The molecule has 0 bridgehead atoms. The first-order valence-electron chi connectivity index (χ1n) is 6.44. The Morgan fingerprint density at radius 1 is 1.30 bits per heavy atom. The first-order chi connectivity index (χ1) is 9.72. The van der Waals surface area contributed by atoms with Crippen molar-refractivity contribution in [2.24, 2.45) is 5.92 Å². The van der Waals surface area contributed by atoms with Crippen molar-refractivity contribution in [3.05, 3.63) is 46.6 Å². The topological polar surface area (TPSA) is 47.3 Å². The van der Waals surface area contributed by atoms with E-state index in [9.17, 15) is 0 Å². The lowest BCUT2D eigenvalue weighted by atomic mass is 10.00. The number of oxazole rings is 1. The van der Waals surface area contributed by atoms with Gasteiger partial charge in [-0.15, -0.1) is 0 Å². The molecule has 1 aliphatic rings. The lowest BCUT2D eigenvalue weighted by Crippen LogP contribution is -2.21. The van der Waals surface area contributed by atoms with Gasteiger partial charge < -0.3 is 14.5 Å². The SMILES string of the molecule is Clc1cc(Cl)cc(OC(c2cnco2)[C@H]2CCNC2)c1. The van der Waals surface area contributed by atoms with Gasteiger partial charge in [-0.3, -0.25) is 0 Å². The van der Waals surface area contributed by atoms with E-state index in [-0.39, 0.29) is 6.10 Å². The molecular weight excluding hydrogens is 299 g/mol. The van der Waals surface area contributed by atoms with Crippen LogP contribution in [0.15, 0.2) is 35.2 Å². The van der Waals surface area contributed by atoms with Crippen LogP contribution in [0.5, 0.6) is 5.75 Å². The highest BCUT2D eigenvalue weighted by molar-refractivity contribution is 6.34. The molecule has 0 saturated carbocycles. The molecule has 2 atom stereocenters. The van der Waals surface area contributed by atoms with Crippen molar-refractivity contribution in [3.63, 3.8) is 0 Å². The van der Waals surface area contributed by atoms with E-state index in [0.29, 0.717) is 21.7 Å². The molecule has 106 valence electrons. The summed E-state index contributed by atoms with van der Waals surface area (Å²) >= 11 is 12.0. The highest BCUT2D eigenvalue weighted by Crippen LogP contribution is 2.34. The molecule has 0 radical (unpaired) electrons. The summed E-state index contributed by atoms with van der Waals surface area (Å²) < 4.78 is 11.5. The summed E-state index contributed by atoms with van der Waals surface area (Å²) in [5, 5.41) is 4.43. The van der Waals surface area contributed by atoms with Crippen LogP contribution >= 0.6 is 23.2 Å². The number of nitrogens with one attached hydrogen (secondary N) is 1. The molecule has 1 unspecified atom stereocenters. The van der Waals surface area contributed by atoms with Gasteiger partial charge in [0.25, 0.3) is 0 Å². The zero-order chi connectivity index (χ0) is 13.9. The van der Waals surface area contributed by atoms with E-state index >= 15 is 0 Å². The molecule has 1 saturated heterocycles. The predicted molar refractivity (Wildman–Crippen MR) is 77.3 cm³/mol. The zero-order valence-corrected chi connectivity index (χ0v) is 12.2. The van der Waals surface area contributed by atoms with Crippen LogP contribution in [0.3, 0.4) is 0 Å². The van der Waals surface area contributed by atoms with Crippen LogP contribution in [-0.2, 0) is 0 Å². The molecule has 2 aromatic rings. The monoisotopic (exact) mass is 312 g/mol. The molecule has 3 rings (SSSR count). The zero-order valence-electron chi connectivity index (χ0n) is 10.7. The van der Waals surface area contributed by atoms with Gasteiger partial charge in [0.1, 0.15) is 5.75 Å². The van der Waals surface area contributed by atoms with Crippen molar-refractivity contribution in [2.75, 3.05) is 13.1 Å². The minimum absolute atomic E-state index is 0.193. The van der Waals surface area contributed by atoms with Crippen molar-refractivity contribution in [2.45, 2.75) is 12.5 Å². The summed E-state index contributed by atoms with van der Waals surface area (Å²) in [6.07, 6.45) is 3.94. The van der Waals surface area contributed by atoms with Gasteiger partial charge >= 0.3 is 0 Å². The Morgan fingerprint density at radius 2 is 2.10 bits per heavy atom. The van der Waals surface area contributed by atoms with Gasteiger partial charge in [-0.05, 0) is 31.2 Å². The number of ether oxygens (including phenoxy) is 1. The quantitative estimate of drug-likeness (QED) is 0.935. The highest BCUT2D eigenvalue weighted by atomic mass is 35.5. The lowest BCUT2D eigenvalue weighted by molar-refractivity contribution is 0.120. The van der Waals surface area contributed by atoms with Gasteiger partial charge in [-0.1, -0.05) is 23.2 Å². The van der Waals surface area contributed by atoms with Crippen LogP contribution in [0, 0.1) is 5.92 Å². The number of hydrogen-bond acceptors (Lipinski definition) is 4. The smallest absolute Gasteiger partial charge is 0.181 e. The number of hydrogen-bond donors (Lipinski definition) is 1. The van der Waals surface area contributed by atoms with Crippen LogP contribution in [0.2, 0.25) is 10.0 Å². The van der Waals surface area contributed by atoms with E-state index in [2.05, 4.69) is 10.3 Å². The molecule has 0 aliphatic carbocycles. The molecule has 2 heterocycles. The minimum Gasteiger partial charge on any atom is -0.482 e. The summed E-state index contributed by atoms with van der Waals surface area (Å²) in [6, 6.07) is 5.18. The number of halogens is 2. The van der Waals surface area contributed by atoms with Gasteiger partial charge in [0.05, 0.1) is 6.20 Å². The maximum Gasteiger partial charge on any atom is 0.181 e. The van der Waals surface area contributed by atoms with Crippen LogP contribution < -0.4 is 10.1 Å². The van der Waals surface area contributed by atoms with E-state index in [1.165, 1.54) is 6.39 Å². The molecule has 6 heteroatoms. The average Bonchev–Trinajstić information content (AvgIpc) is 3.08. The van der Waals surface area contributed by atoms with Crippen molar-refractivity contribution < 1.29 is 9.15 Å².